The highest BCUT2D eigenvalue weighted by molar-refractivity contribution is 9.08. The molecule has 78 valence electrons. The molecule has 0 saturated heterocycles. The highest BCUT2D eigenvalue weighted by atomic mass is 79.9. The van der Waals surface area contributed by atoms with Crippen LogP contribution in [-0.2, 0) is 16.5 Å². The first-order valence-corrected chi connectivity index (χ1v) is 5.47. The van der Waals surface area contributed by atoms with Crippen LogP contribution in [0, 0.1) is 0 Å². The van der Waals surface area contributed by atoms with Gasteiger partial charge >= 0.3 is 5.97 Å². The minimum Gasteiger partial charge on any atom is -0.481 e. The zero-order chi connectivity index (χ0) is 10.8. The van der Waals surface area contributed by atoms with Gasteiger partial charge in [-0.3, -0.25) is 4.79 Å². The SMILES string of the molecule is O=C(O)Cc1nc2ccc(CBr)cc2o1. The molecular weight excluding hydrogens is 262 g/mol. The van der Waals surface area contributed by atoms with Crippen LogP contribution in [0.25, 0.3) is 11.1 Å². The lowest BCUT2D eigenvalue weighted by Gasteiger charge is -1.91. The fraction of sp³-hybridized carbons (Fsp3) is 0.200. The summed E-state index contributed by atoms with van der Waals surface area (Å²) in [5.41, 5.74) is 2.39. The smallest absolute Gasteiger partial charge is 0.312 e. The molecule has 0 aliphatic rings. The van der Waals surface area contributed by atoms with Crippen LogP contribution in [0.4, 0.5) is 0 Å². The van der Waals surface area contributed by atoms with Gasteiger partial charge in [-0.25, -0.2) is 4.98 Å². The average Bonchev–Trinajstić information content (AvgIpc) is 2.57. The molecular formula is C10H8BrNO3. The number of fused-ring (bicyclic) bond motifs is 1. The number of carboxylic acids is 1. The molecule has 0 saturated carbocycles. The lowest BCUT2D eigenvalue weighted by molar-refractivity contribution is -0.136. The van der Waals surface area contributed by atoms with Crippen LogP contribution in [0.5, 0.6) is 0 Å². The molecule has 0 aliphatic heterocycles. The highest BCUT2D eigenvalue weighted by Crippen LogP contribution is 2.18. The molecule has 2 rings (SSSR count). The standard InChI is InChI=1S/C10H8BrNO3/c11-5-6-1-2-7-8(3-6)15-9(12-7)4-10(13)14/h1-3H,4-5H2,(H,13,14). The molecule has 1 aromatic carbocycles. The normalized spacial score (nSPS) is 10.7. The number of carbonyl (C=O) groups is 1. The first-order valence-electron chi connectivity index (χ1n) is 4.35. The van der Waals surface area contributed by atoms with Gasteiger partial charge in [0.15, 0.2) is 5.58 Å². The predicted molar refractivity (Wildman–Crippen MR) is 58.0 cm³/mol. The van der Waals surface area contributed by atoms with Gasteiger partial charge in [-0.1, -0.05) is 22.0 Å². The number of rotatable bonds is 3. The van der Waals surface area contributed by atoms with Crippen molar-refractivity contribution in [2.45, 2.75) is 11.8 Å². The van der Waals surface area contributed by atoms with Crippen molar-refractivity contribution in [1.82, 2.24) is 4.98 Å². The third kappa shape index (κ3) is 2.18. The zero-order valence-corrected chi connectivity index (χ0v) is 9.32. The van der Waals surface area contributed by atoms with Gasteiger partial charge in [-0.2, -0.15) is 0 Å². The van der Waals surface area contributed by atoms with E-state index in [4.69, 9.17) is 9.52 Å². The summed E-state index contributed by atoms with van der Waals surface area (Å²) >= 11 is 3.33. The van der Waals surface area contributed by atoms with Crippen molar-refractivity contribution < 1.29 is 14.3 Å². The monoisotopic (exact) mass is 269 g/mol. The van der Waals surface area contributed by atoms with Crippen molar-refractivity contribution >= 4 is 33.0 Å². The maximum absolute atomic E-state index is 10.5. The Labute approximate surface area is 94.0 Å². The molecule has 0 spiro atoms. The van der Waals surface area contributed by atoms with Gasteiger partial charge in [0.2, 0.25) is 5.89 Å². The maximum Gasteiger partial charge on any atom is 0.312 e. The van der Waals surface area contributed by atoms with Gasteiger partial charge in [0, 0.05) is 5.33 Å². The first kappa shape index (κ1) is 10.2. The Morgan fingerprint density at radius 2 is 2.33 bits per heavy atom. The molecule has 0 atom stereocenters. The Kier molecular flexibility index (Phi) is 2.73. The van der Waals surface area contributed by atoms with Crippen LogP contribution < -0.4 is 0 Å². The molecule has 5 heteroatoms. The lowest BCUT2D eigenvalue weighted by Crippen LogP contribution is -1.99. The summed E-state index contributed by atoms with van der Waals surface area (Å²) in [7, 11) is 0. The van der Waals surface area contributed by atoms with E-state index >= 15 is 0 Å². The van der Waals surface area contributed by atoms with Crippen molar-refractivity contribution in [3.05, 3.63) is 29.7 Å². The Bertz CT molecular complexity index is 506. The largest absolute Gasteiger partial charge is 0.481 e. The van der Waals surface area contributed by atoms with E-state index in [1.807, 2.05) is 18.2 Å². The number of aromatic nitrogens is 1. The van der Waals surface area contributed by atoms with Crippen molar-refractivity contribution in [2.75, 3.05) is 0 Å². The summed E-state index contributed by atoms with van der Waals surface area (Å²) in [6, 6.07) is 5.59. The molecule has 4 nitrogen and oxygen atoms in total. The number of alkyl halides is 1. The van der Waals surface area contributed by atoms with Crippen LogP contribution in [-0.4, -0.2) is 16.1 Å². The molecule has 0 unspecified atom stereocenters. The quantitative estimate of drug-likeness (QED) is 0.869. The van der Waals surface area contributed by atoms with E-state index in [2.05, 4.69) is 20.9 Å². The highest BCUT2D eigenvalue weighted by Gasteiger charge is 2.09. The van der Waals surface area contributed by atoms with Crippen molar-refractivity contribution in [3.63, 3.8) is 0 Å². The Hall–Kier alpha value is -1.36. The number of oxazole rings is 1. The van der Waals surface area contributed by atoms with Gasteiger partial charge in [0.1, 0.15) is 11.9 Å². The van der Waals surface area contributed by atoms with Gasteiger partial charge in [-0.05, 0) is 17.7 Å². The second-order valence-corrected chi connectivity index (χ2v) is 3.67. The lowest BCUT2D eigenvalue weighted by atomic mass is 10.2. The topological polar surface area (TPSA) is 63.3 Å². The van der Waals surface area contributed by atoms with Crippen LogP contribution >= 0.6 is 15.9 Å². The number of hydrogen-bond donors (Lipinski definition) is 1. The van der Waals surface area contributed by atoms with E-state index in [1.54, 1.807) is 0 Å². The summed E-state index contributed by atoms with van der Waals surface area (Å²) in [6.45, 7) is 0. The summed E-state index contributed by atoms with van der Waals surface area (Å²) in [5, 5.41) is 9.32. The summed E-state index contributed by atoms with van der Waals surface area (Å²) in [5.74, 6) is -0.702. The maximum atomic E-state index is 10.5. The molecule has 0 aliphatic carbocycles. The number of nitrogens with zero attached hydrogens (tertiary/aromatic N) is 1. The average molecular weight is 270 g/mol. The third-order valence-corrected chi connectivity index (χ3v) is 2.60. The second kappa shape index (κ2) is 4.02. The molecule has 1 aromatic heterocycles. The molecule has 0 amide bonds. The van der Waals surface area contributed by atoms with E-state index in [9.17, 15) is 4.79 Å². The number of aliphatic carboxylic acids is 1. The number of halogens is 1. The van der Waals surface area contributed by atoms with Crippen molar-refractivity contribution in [1.29, 1.82) is 0 Å². The minimum absolute atomic E-state index is 0.182. The zero-order valence-electron chi connectivity index (χ0n) is 7.74. The van der Waals surface area contributed by atoms with Gasteiger partial charge in [0.25, 0.3) is 0 Å². The van der Waals surface area contributed by atoms with E-state index in [-0.39, 0.29) is 12.3 Å². The second-order valence-electron chi connectivity index (χ2n) is 3.11. The van der Waals surface area contributed by atoms with E-state index in [1.165, 1.54) is 0 Å². The van der Waals surface area contributed by atoms with E-state index < -0.39 is 5.97 Å². The molecule has 0 fully saturated rings. The van der Waals surface area contributed by atoms with Gasteiger partial charge < -0.3 is 9.52 Å². The van der Waals surface area contributed by atoms with Gasteiger partial charge in [-0.15, -0.1) is 0 Å². The molecule has 1 heterocycles. The fourth-order valence-corrected chi connectivity index (χ4v) is 1.65. The Morgan fingerprint density at radius 1 is 1.53 bits per heavy atom. The number of hydrogen-bond acceptors (Lipinski definition) is 3. The molecule has 2 aromatic rings. The third-order valence-electron chi connectivity index (χ3n) is 1.95. The van der Waals surface area contributed by atoms with Crippen LogP contribution in [0.2, 0.25) is 0 Å². The fourth-order valence-electron chi connectivity index (χ4n) is 1.30. The summed E-state index contributed by atoms with van der Waals surface area (Å²) < 4.78 is 5.31. The summed E-state index contributed by atoms with van der Waals surface area (Å²) in [6.07, 6.45) is -0.182. The molecule has 0 bridgehead atoms. The molecule has 15 heavy (non-hydrogen) atoms. The molecule has 0 radical (unpaired) electrons. The summed E-state index contributed by atoms with van der Waals surface area (Å²) in [4.78, 5) is 14.5. The molecule has 1 N–H and O–H groups in total. The van der Waals surface area contributed by atoms with E-state index in [0.717, 1.165) is 10.9 Å². The number of carboxylic acid groups (broad SMARTS) is 1. The number of benzene rings is 1. The Balaban J connectivity index is 2.42. The van der Waals surface area contributed by atoms with E-state index in [0.29, 0.717) is 11.1 Å². The van der Waals surface area contributed by atoms with Crippen molar-refractivity contribution in [2.24, 2.45) is 0 Å². The van der Waals surface area contributed by atoms with Crippen LogP contribution in [0.1, 0.15) is 11.5 Å². The van der Waals surface area contributed by atoms with Crippen LogP contribution in [0.3, 0.4) is 0 Å². The minimum atomic E-state index is -0.942. The van der Waals surface area contributed by atoms with Crippen LogP contribution in [0.15, 0.2) is 22.6 Å². The van der Waals surface area contributed by atoms with Gasteiger partial charge in [0.05, 0.1) is 0 Å². The predicted octanol–water partition coefficient (Wildman–Crippen LogP) is 2.35. The van der Waals surface area contributed by atoms with Crippen molar-refractivity contribution in [3.8, 4) is 0 Å². The Morgan fingerprint density at radius 3 is 3.00 bits per heavy atom. The first-order chi connectivity index (χ1) is 7.19.